The number of quaternary nitrogens is 1. The lowest BCUT2D eigenvalue weighted by atomic mass is 9.96. The summed E-state index contributed by atoms with van der Waals surface area (Å²) >= 11 is 0. The lowest BCUT2D eigenvalue weighted by Gasteiger charge is -2.32. The Morgan fingerprint density at radius 2 is 2.00 bits per heavy atom. The predicted molar refractivity (Wildman–Crippen MR) is 81.4 cm³/mol. The fourth-order valence-corrected chi connectivity index (χ4v) is 3.25. The van der Waals surface area contributed by atoms with Crippen LogP contribution in [0.15, 0.2) is 18.2 Å². The van der Waals surface area contributed by atoms with Gasteiger partial charge in [-0.05, 0) is 38.8 Å². The molecule has 5 heteroatoms. The van der Waals surface area contributed by atoms with Gasteiger partial charge < -0.3 is 9.80 Å². The molecule has 1 saturated heterocycles. The molecule has 22 heavy (non-hydrogen) atoms. The van der Waals surface area contributed by atoms with Gasteiger partial charge in [0, 0.05) is 18.7 Å². The van der Waals surface area contributed by atoms with Gasteiger partial charge in [-0.1, -0.05) is 6.07 Å². The zero-order chi connectivity index (χ0) is 16.1. The Labute approximate surface area is 130 Å². The lowest BCUT2D eigenvalue weighted by Crippen LogP contribution is -3.12. The van der Waals surface area contributed by atoms with Crippen molar-refractivity contribution < 1.29 is 18.5 Å². The number of amides is 1. The monoisotopic (exact) mass is 311 g/mol. The fraction of sp³-hybridized carbons (Fsp3) is 0.588. The zero-order valence-electron chi connectivity index (χ0n) is 13.4. The van der Waals surface area contributed by atoms with E-state index >= 15 is 0 Å². The lowest BCUT2D eigenvalue weighted by molar-refractivity contribution is -0.921. The molecule has 1 aliphatic heterocycles. The van der Waals surface area contributed by atoms with Crippen LogP contribution in [0.25, 0.3) is 0 Å². The molecule has 1 fully saturated rings. The number of nitrogens with zero attached hydrogens (tertiary/aromatic N) is 1. The van der Waals surface area contributed by atoms with Crippen molar-refractivity contribution in [3.05, 3.63) is 35.4 Å². The summed E-state index contributed by atoms with van der Waals surface area (Å²) in [6, 6.07) is 4.06. The van der Waals surface area contributed by atoms with Crippen LogP contribution >= 0.6 is 0 Å². The number of likely N-dealkylation sites (tertiary alicyclic amines) is 1. The van der Waals surface area contributed by atoms with E-state index in [0.29, 0.717) is 6.54 Å². The first kappa shape index (κ1) is 16.9. The molecule has 1 amide bonds. The molecule has 3 nitrogen and oxygen atoms in total. The van der Waals surface area contributed by atoms with Crippen molar-refractivity contribution in [3.8, 4) is 0 Å². The standard InChI is InChI=1S/C17H24F2N2O/c1-3-21(4-2)17(22)14-6-5-9-20(12-14)11-13-7-8-15(18)16(19)10-13/h7-8,10,14H,3-6,9,11-12H2,1-2H3/p+1/t14-/m1/s1. The normalized spacial score (nSPS) is 21.6. The summed E-state index contributed by atoms with van der Waals surface area (Å²) in [5.74, 6) is -1.34. The largest absolute Gasteiger partial charge is 0.343 e. The number of carbonyl (C=O) groups excluding carboxylic acids is 1. The minimum absolute atomic E-state index is 0.0499. The summed E-state index contributed by atoms with van der Waals surface area (Å²) in [5, 5.41) is 0. The Kier molecular flexibility index (Phi) is 5.89. The zero-order valence-corrected chi connectivity index (χ0v) is 13.4. The number of hydrogen-bond acceptors (Lipinski definition) is 1. The number of benzene rings is 1. The van der Waals surface area contributed by atoms with Crippen molar-refractivity contribution in [1.29, 1.82) is 0 Å². The Morgan fingerprint density at radius 3 is 2.64 bits per heavy atom. The highest BCUT2D eigenvalue weighted by molar-refractivity contribution is 5.78. The molecule has 0 bridgehead atoms. The van der Waals surface area contributed by atoms with Gasteiger partial charge in [-0.25, -0.2) is 8.78 Å². The van der Waals surface area contributed by atoms with Gasteiger partial charge in [-0.2, -0.15) is 0 Å². The third-order valence-electron chi connectivity index (χ3n) is 4.48. The van der Waals surface area contributed by atoms with E-state index in [1.54, 1.807) is 6.07 Å². The van der Waals surface area contributed by atoms with E-state index in [9.17, 15) is 13.6 Å². The summed E-state index contributed by atoms with van der Waals surface area (Å²) < 4.78 is 26.3. The molecule has 0 aromatic heterocycles. The number of rotatable bonds is 5. The van der Waals surface area contributed by atoms with E-state index in [0.717, 1.165) is 44.6 Å². The maximum Gasteiger partial charge on any atom is 0.231 e. The van der Waals surface area contributed by atoms with Crippen molar-refractivity contribution in [3.63, 3.8) is 0 Å². The molecule has 0 radical (unpaired) electrons. The average Bonchev–Trinajstić information content (AvgIpc) is 2.52. The van der Waals surface area contributed by atoms with Gasteiger partial charge in [-0.15, -0.1) is 0 Å². The van der Waals surface area contributed by atoms with Crippen LogP contribution in [0.4, 0.5) is 8.78 Å². The number of nitrogens with one attached hydrogen (secondary N) is 1. The highest BCUT2D eigenvalue weighted by Crippen LogP contribution is 2.13. The second-order valence-electron chi connectivity index (χ2n) is 5.98. The molecule has 122 valence electrons. The molecule has 0 aliphatic carbocycles. The van der Waals surface area contributed by atoms with Crippen molar-refractivity contribution in [2.75, 3.05) is 26.2 Å². The van der Waals surface area contributed by atoms with Crippen LogP contribution in [0.5, 0.6) is 0 Å². The third-order valence-corrected chi connectivity index (χ3v) is 4.48. The molecule has 1 aromatic rings. The van der Waals surface area contributed by atoms with Crippen LogP contribution in [0.3, 0.4) is 0 Å². The van der Waals surface area contributed by atoms with Crippen LogP contribution in [0, 0.1) is 17.6 Å². The van der Waals surface area contributed by atoms with E-state index in [4.69, 9.17) is 0 Å². The van der Waals surface area contributed by atoms with Gasteiger partial charge in [0.05, 0.1) is 19.0 Å². The van der Waals surface area contributed by atoms with E-state index in [1.165, 1.54) is 17.0 Å². The summed E-state index contributed by atoms with van der Waals surface area (Å²) in [4.78, 5) is 15.6. The van der Waals surface area contributed by atoms with Crippen molar-refractivity contribution in [2.45, 2.75) is 33.2 Å². The molecule has 2 atom stereocenters. The van der Waals surface area contributed by atoms with E-state index < -0.39 is 11.6 Å². The Balaban J connectivity index is 1.98. The molecule has 0 saturated carbocycles. The van der Waals surface area contributed by atoms with Gasteiger partial charge in [0.2, 0.25) is 5.91 Å². The Morgan fingerprint density at radius 1 is 1.27 bits per heavy atom. The molecule has 1 unspecified atom stereocenters. The van der Waals surface area contributed by atoms with E-state index in [-0.39, 0.29) is 11.8 Å². The number of halogens is 2. The highest BCUT2D eigenvalue weighted by Gasteiger charge is 2.30. The van der Waals surface area contributed by atoms with Crippen LogP contribution in [0.2, 0.25) is 0 Å². The smallest absolute Gasteiger partial charge is 0.231 e. The Hall–Kier alpha value is -1.49. The molecular formula is C17H25F2N2O+. The molecule has 1 heterocycles. The maximum atomic E-state index is 13.3. The number of piperidine rings is 1. The first-order valence-corrected chi connectivity index (χ1v) is 8.11. The molecular weight excluding hydrogens is 286 g/mol. The van der Waals surface area contributed by atoms with Gasteiger partial charge in [0.1, 0.15) is 6.54 Å². The van der Waals surface area contributed by atoms with Crippen molar-refractivity contribution in [2.24, 2.45) is 5.92 Å². The first-order chi connectivity index (χ1) is 10.5. The Bertz CT molecular complexity index is 517. The topological polar surface area (TPSA) is 24.8 Å². The predicted octanol–water partition coefficient (Wildman–Crippen LogP) is 1.63. The quantitative estimate of drug-likeness (QED) is 0.878. The summed E-state index contributed by atoms with van der Waals surface area (Å²) in [6.45, 7) is 7.86. The molecule has 1 aromatic carbocycles. The third kappa shape index (κ3) is 4.03. The number of hydrogen-bond donors (Lipinski definition) is 1. The summed E-state index contributed by atoms with van der Waals surface area (Å²) in [7, 11) is 0. The minimum Gasteiger partial charge on any atom is -0.343 e. The van der Waals surface area contributed by atoms with Gasteiger partial charge in [0.25, 0.3) is 0 Å². The highest BCUT2D eigenvalue weighted by atomic mass is 19.2. The van der Waals surface area contributed by atoms with Gasteiger partial charge >= 0.3 is 0 Å². The van der Waals surface area contributed by atoms with E-state index in [1.807, 2.05) is 18.7 Å². The van der Waals surface area contributed by atoms with Crippen LogP contribution in [-0.4, -0.2) is 37.0 Å². The van der Waals surface area contributed by atoms with Crippen LogP contribution < -0.4 is 4.90 Å². The van der Waals surface area contributed by atoms with Crippen LogP contribution in [0.1, 0.15) is 32.3 Å². The molecule has 2 rings (SSSR count). The van der Waals surface area contributed by atoms with Gasteiger partial charge in [0.15, 0.2) is 11.6 Å². The van der Waals surface area contributed by atoms with E-state index in [2.05, 4.69) is 0 Å². The van der Waals surface area contributed by atoms with Crippen molar-refractivity contribution in [1.82, 2.24) is 4.90 Å². The molecule has 0 spiro atoms. The van der Waals surface area contributed by atoms with Gasteiger partial charge in [-0.3, -0.25) is 4.79 Å². The fourth-order valence-electron chi connectivity index (χ4n) is 3.25. The minimum atomic E-state index is -0.813. The summed E-state index contributed by atoms with van der Waals surface area (Å²) in [6.07, 6.45) is 1.92. The summed E-state index contributed by atoms with van der Waals surface area (Å²) in [5.41, 5.74) is 0.782. The average molecular weight is 311 g/mol. The second kappa shape index (κ2) is 7.68. The van der Waals surface area contributed by atoms with Crippen LogP contribution in [-0.2, 0) is 11.3 Å². The number of carbonyl (C=O) groups is 1. The first-order valence-electron chi connectivity index (χ1n) is 8.11. The maximum absolute atomic E-state index is 13.3. The molecule has 1 N–H and O–H groups in total. The van der Waals surface area contributed by atoms with Crippen molar-refractivity contribution >= 4 is 5.91 Å². The molecule has 1 aliphatic rings. The second-order valence-corrected chi connectivity index (χ2v) is 5.98. The SMILES string of the molecule is CCN(CC)C(=O)[C@@H]1CCC[NH+](Cc2ccc(F)c(F)c2)C1.